The van der Waals surface area contributed by atoms with Crippen LogP contribution in [-0.4, -0.2) is 4.98 Å². The molecule has 0 bridgehead atoms. The van der Waals surface area contributed by atoms with Crippen LogP contribution in [0.3, 0.4) is 0 Å². The van der Waals surface area contributed by atoms with Crippen molar-refractivity contribution in [2.24, 2.45) is 0 Å². The van der Waals surface area contributed by atoms with Gasteiger partial charge in [0.1, 0.15) is 11.2 Å². The molecule has 53 heavy (non-hydrogen) atoms. The summed E-state index contributed by atoms with van der Waals surface area (Å²) in [6.07, 6.45) is 0. The third-order valence-electron chi connectivity index (χ3n) is 10.4. The summed E-state index contributed by atoms with van der Waals surface area (Å²) in [7, 11) is -3.07. The van der Waals surface area contributed by atoms with E-state index in [2.05, 4.69) is 103 Å². The third kappa shape index (κ3) is 5.12. The van der Waals surface area contributed by atoms with E-state index in [1.165, 1.54) is 0 Å². The maximum Gasteiger partial charge on any atom is 0.171 e. The van der Waals surface area contributed by atoms with Crippen LogP contribution in [0.15, 0.2) is 199 Å². The van der Waals surface area contributed by atoms with E-state index in [0.29, 0.717) is 0 Å². The van der Waals surface area contributed by atoms with Gasteiger partial charge >= 0.3 is 0 Å². The van der Waals surface area contributed by atoms with Crippen LogP contribution in [0, 0.1) is 0 Å². The second-order valence-corrected chi connectivity index (χ2v) is 16.2. The number of nitrogens with zero attached hydrogens (tertiary/aromatic N) is 1. The molecule has 8 aromatic carbocycles. The molecular weight excluding hydrogens is 666 g/mol. The highest BCUT2D eigenvalue weighted by atomic mass is 31.2. The van der Waals surface area contributed by atoms with Crippen molar-refractivity contribution >= 4 is 66.7 Å². The van der Waals surface area contributed by atoms with Gasteiger partial charge in [0.2, 0.25) is 0 Å². The molecule has 0 fully saturated rings. The number of aromatic nitrogens is 1. The van der Waals surface area contributed by atoms with Gasteiger partial charge in [-0.25, -0.2) is 4.98 Å². The van der Waals surface area contributed by atoms with Gasteiger partial charge in [-0.15, -0.1) is 0 Å². The highest BCUT2D eigenvalue weighted by Gasteiger charge is 2.29. The van der Waals surface area contributed by atoms with Gasteiger partial charge in [0, 0.05) is 54.0 Å². The summed E-state index contributed by atoms with van der Waals surface area (Å²) in [6.45, 7) is 0. The van der Waals surface area contributed by atoms with Crippen LogP contribution in [0.25, 0.3) is 77.1 Å². The maximum atomic E-state index is 15.0. The number of pyridine rings is 1. The maximum absolute atomic E-state index is 15.0. The van der Waals surface area contributed by atoms with E-state index in [4.69, 9.17) is 9.40 Å². The van der Waals surface area contributed by atoms with E-state index in [0.717, 1.165) is 93.0 Å². The third-order valence-corrected chi connectivity index (χ3v) is 13.4. The zero-order valence-corrected chi connectivity index (χ0v) is 29.6. The number of para-hydroxylation sites is 2. The number of rotatable bonds is 6. The molecular formula is C49H32NO2P. The van der Waals surface area contributed by atoms with E-state index in [1.54, 1.807) is 0 Å². The molecule has 10 aromatic rings. The molecule has 0 atom stereocenters. The lowest BCUT2D eigenvalue weighted by molar-refractivity contribution is 0.592. The van der Waals surface area contributed by atoms with E-state index < -0.39 is 7.14 Å². The Hall–Kier alpha value is -6.54. The first kappa shape index (κ1) is 31.2. The number of hydrogen-bond acceptors (Lipinski definition) is 3. The molecule has 0 radical (unpaired) electrons. The molecule has 2 aromatic heterocycles. The summed E-state index contributed by atoms with van der Waals surface area (Å²) in [4.78, 5) is 5.46. The van der Waals surface area contributed by atoms with Crippen molar-refractivity contribution < 1.29 is 8.98 Å². The smallest absolute Gasteiger partial charge is 0.171 e. The van der Waals surface area contributed by atoms with Crippen molar-refractivity contribution in [3.05, 3.63) is 194 Å². The lowest BCUT2D eigenvalue weighted by atomic mass is 9.92. The molecule has 0 saturated heterocycles. The minimum atomic E-state index is -3.07. The Bertz CT molecular complexity index is 2960. The quantitative estimate of drug-likeness (QED) is 0.128. The Morgan fingerprint density at radius 1 is 0.396 bits per heavy atom. The lowest BCUT2D eigenvalue weighted by Gasteiger charge is -2.20. The Labute approximate surface area is 307 Å². The molecule has 0 amide bonds. The molecule has 250 valence electrons. The summed E-state index contributed by atoms with van der Waals surface area (Å²) in [5.41, 5.74) is 8.96. The van der Waals surface area contributed by atoms with E-state index in [9.17, 15) is 4.57 Å². The molecule has 0 aliphatic carbocycles. The van der Waals surface area contributed by atoms with Gasteiger partial charge in [-0.2, -0.15) is 0 Å². The monoisotopic (exact) mass is 697 g/mol. The fourth-order valence-corrected chi connectivity index (χ4v) is 10.5. The van der Waals surface area contributed by atoms with Crippen LogP contribution < -0.4 is 15.9 Å². The van der Waals surface area contributed by atoms with Crippen LogP contribution in [0.1, 0.15) is 0 Å². The zero-order chi connectivity index (χ0) is 35.4. The van der Waals surface area contributed by atoms with E-state index in [-0.39, 0.29) is 0 Å². The molecule has 0 aliphatic rings. The first-order chi connectivity index (χ1) is 26.2. The van der Waals surface area contributed by atoms with Crippen molar-refractivity contribution in [3.63, 3.8) is 0 Å². The normalized spacial score (nSPS) is 11.8. The second kappa shape index (κ2) is 12.6. The molecule has 10 rings (SSSR count). The summed E-state index contributed by atoms with van der Waals surface area (Å²) >= 11 is 0. The first-order valence-corrected chi connectivity index (χ1v) is 19.5. The van der Waals surface area contributed by atoms with Gasteiger partial charge in [-0.05, 0) is 41.0 Å². The summed E-state index contributed by atoms with van der Waals surface area (Å²) in [6, 6.07) is 65.9. The van der Waals surface area contributed by atoms with E-state index >= 15 is 0 Å². The topological polar surface area (TPSA) is 43.1 Å². The van der Waals surface area contributed by atoms with Crippen molar-refractivity contribution in [1.82, 2.24) is 4.98 Å². The van der Waals surface area contributed by atoms with Crippen LogP contribution in [0.4, 0.5) is 0 Å². The number of hydrogen-bond donors (Lipinski definition) is 0. The fraction of sp³-hybridized carbons (Fsp3) is 0. The average molecular weight is 698 g/mol. The van der Waals surface area contributed by atoms with Gasteiger partial charge in [0.15, 0.2) is 7.14 Å². The molecule has 2 heterocycles. The number of fused-ring (bicyclic) bond motifs is 7. The minimum absolute atomic E-state index is 0.812. The van der Waals surface area contributed by atoms with Gasteiger partial charge in [0.25, 0.3) is 0 Å². The van der Waals surface area contributed by atoms with E-state index in [1.807, 2.05) is 91.0 Å². The highest BCUT2D eigenvalue weighted by Crippen LogP contribution is 2.44. The summed E-state index contributed by atoms with van der Waals surface area (Å²) in [5.74, 6) is 0. The van der Waals surface area contributed by atoms with Crippen molar-refractivity contribution in [2.45, 2.75) is 0 Å². The Morgan fingerprint density at radius 2 is 0.981 bits per heavy atom. The van der Waals surface area contributed by atoms with Gasteiger partial charge in [-0.3, -0.25) is 0 Å². The standard InChI is InChI=1S/C49H32NO2P/c51-53(37-18-6-2-7-19-37,38-20-8-3-9-21-38)39-28-26-33(27-29-39)35-16-12-17-36(32-35)40-23-13-24-42-46-43(48(50-49(40)42)34-14-4-1-5-15-34)30-31-45-47(46)41-22-10-11-25-44(41)52-45/h1-32H. The van der Waals surface area contributed by atoms with Gasteiger partial charge < -0.3 is 8.98 Å². The molecule has 0 aliphatic heterocycles. The largest absolute Gasteiger partial charge is 0.456 e. The van der Waals surface area contributed by atoms with Crippen molar-refractivity contribution in [2.75, 3.05) is 0 Å². The van der Waals surface area contributed by atoms with Crippen molar-refractivity contribution in [1.29, 1.82) is 0 Å². The summed E-state index contributed by atoms with van der Waals surface area (Å²) in [5, 5.41) is 7.99. The van der Waals surface area contributed by atoms with Crippen LogP contribution in [0.2, 0.25) is 0 Å². The Morgan fingerprint density at radius 3 is 1.72 bits per heavy atom. The number of furan rings is 1. The lowest BCUT2D eigenvalue weighted by Crippen LogP contribution is -2.24. The fourth-order valence-electron chi connectivity index (χ4n) is 7.83. The summed E-state index contributed by atoms with van der Waals surface area (Å²) < 4.78 is 21.4. The van der Waals surface area contributed by atoms with Crippen LogP contribution >= 0.6 is 7.14 Å². The van der Waals surface area contributed by atoms with Gasteiger partial charge in [-0.1, -0.05) is 170 Å². The minimum Gasteiger partial charge on any atom is -0.456 e. The molecule has 3 nitrogen and oxygen atoms in total. The molecule has 0 spiro atoms. The molecule has 0 N–H and O–H groups in total. The molecule has 0 unspecified atom stereocenters. The zero-order valence-electron chi connectivity index (χ0n) is 28.7. The molecule has 4 heteroatoms. The predicted octanol–water partition coefficient (Wildman–Crippen LogP) is 11.9. The Kier molecular flexibility index (Phi) is 7.42. The predicted molar refractivity (Wildman–Crippen MR) is 222 cm³/mol. The highest BCUT2D eigenvalue weighted by molar-refractivity contribution is 7.85. The van der Waals surface area contributed by atoms with Crippen LogP contribution in [0.5, 0.6) is 0 Å². The van der Waals surface area contributed by atoms with Crippen LogP contribution in [-0.2, 0) is 4.57 Å². The van der Waals surface area contributed by atoms with Crippen molar-refractivity contribution in [3.8, 4) is 33.5 Å². The Balaban J connectivity index is 1.14. The molecule has 0 saturated carbocycles. The first-order valence-electron chi connectivity index (χ1n) is 17.8. The second-order valence-electron chi connectivity index (χ2n) is 13.4. The number of benzene rings is 8. The average Bonchev–Trinajstić information content (AvgIpc) is 3.63. The SMILES string of the molecule is O=P(c1ccccc1)(c1ccccc1)c1ccc(-c2cccc(-c3cccc4c3nc(-c3ccccc3)c3ccc5oc6ccccc6c5c34)c2)cc1. The van der Waals surface area contributed by atoms with Gasteiger partial charge in [0.05, 0.1) is 11.2 Å².